The van der Waals surface area contributed by atoms with Gasteiger partial charge >= 0.3 is 6.03 Å². The molecule has 0 spiro atoms. The van der Waals surface area contributed by atoms with Crippen molar-refractivity contribution in [2.24, 2.45) is 0 Å². The number of nitrogens with zero attached hydrogens (tertiary/aromatic N) is 2. The number of β-amino-alcohol motifs (C(OH)–C–C–N with tert-alkyl or cyclic N) is 1. The molecule has 1 fully saturated rings. The first-order chi connectivity index (χ1) is 9.08. The molecule has 2 rings (SSSR count). The van der Waals surface area contributed by atoms with E-state index in [0.717, 1.165) is 16.9 Å². The van der Waals surface area contributed by atoms with Crippen LogP contribution in [-0.2, 0) is 11.2 Å². The number of urea groups is 1. The molecule has 1 atom stereocenters. The van der Waals surface area contributed by atoms with Gasteiger partial charge in [0.05, 0.1) is 12.6 Å². The molecule has 0 aliphatic carbocycles. The standard InChI is InChI=1S/C14H18N2O3/c1-15-10-13(18)16(14(15)19)9-12(17)8-7-11-5-3-2-4-6-11/h2-6,12,17H,7-10H2,1H3/t12-/m0/s1. The number of rotatable bonds is 5. The van der Waals surface area contributed by atoms with Crippen LogP contribution < -0.4 is 0 Å². The number of hydrogen-bond acceptors (Lipinski definition) is 3. The highest BCUT2D eigenvalue weighted by Crippen LogP contribution is 2.11. The van der Waals surface area contributed by atoms with Gasteiger partial charge < -0.3 is 10.0 Å². The van der Waals surface area contributed by atoms with Gasteiger partial charge in [0.25, 0.3) is 0 Å². The molecule has 1 saturated heterocycles. The number of aryl methyl sites for hydroxylation is 1. The smallest absolute Gasteiger partial charge is 0.327 e. The normalized spacial score (nSPS) is 17.2. The number of benzene rings is 1. The lowest BCUT2D eigenvalue weighted by Crippen LogP contribution is -2.38. The molecular formula is C14H18N2O3. The average Bonchev–Trinajstić information content (AvgIpc) is 2.64. The SMILES string of the molecule is CN1CC(=O)N(C[C@@H](O)CCc2ccccc2)C1=O. The average molecular weight is 262 g/mol. The lowest BCUT2D eigenvalue weighted by Gasteiger charge is -2.18. The predicted octanol–water partition coefficient (Wildman–Crippen LogP) is 0.874. The Hall–Kier alpha value is -1.88. The molecule has 19 heavy (non-hydrogen) atoms. The van der Waals surface area contributed by atoms with Crippen molar-refractivity contribution >= 4 is 11.9 Å². The molecule has 1 aliphatic heterocycles. The molecule has 1 aliphatic rings. The lowest BCUT2D eigenvalue weighted by molar-refractivity contribution is -0.126. The van der Waals surface area contributed by atoms with Crippen molar-refractivity contribution in [3.63, 3.8) is 0 Å². The van der Waals surface area contributed by atoms with Crippen LogP contribution in [0.3, 0.4) is 0 Å². The maximum absolute atomic E-state index is 11.6. The van der Waals surface area contributed by atoms with E-state index in [1.807, 2.05) is 30.3 Å². The monoisotopic (exact) mass is 262 g/mol. The van der Waals surface area contributed by atoms with E-state index in [-0.39, 0.29) is 25.0 Å². The van der Waals surface area contributed by atoms with Crippen molar-refractivity contribution in [2.75, 3.05) is 20.1 Å². The summed E-state index contributed by atoms with van der Waals surface area (Å²) >= 11 is 0. The first-order valence-electron chi connectivity index (χ1n) is 6.35. The summed E-state index contributed by atoms with van der Waals surface area (Å²) in [7, 11) is 1.58. The number of carbonyl (C=O) groups excluding carboxylic acids is 2. The van der Waals surface area contributed by atoms with Gasteiger partial charge in [0.1, 0.15) is 6.54 Å². The first-order valence-corrected chi connectivity index (χ1v) is 6.35. The van der Waals surface area contributed by atoms with Crippen molar-refractivity contribution in [3.05, 3.63) is 35.9 Å². The summed E-state index contributed by atoms with van der Waals surface area (Å²) in [5.74, 6) is -0.244. The molecule has 1 aromatic rings. The Morgan fingerprint density at radius 2 is 1.95 bits per heavy atom. The fourth-order valence-corrected chi connectivity index (χ4v) is 2.13. The molecule has 3 amide bonds. The van der Waals surface area contributed by atoms with Gasteiger partial charge in [-0.3, -0.25) is 9.69 Å². The molecule has 0 saturated carbocycles. The van der Waals surface area contributed by atoms with E-state index in [9.17, 15) is 14.7 Å². The zero-order valence-electron chi connectivity index (χ0n) is 11.0. The van der Waals surface area contributed by atoms with Crippen LogP contribution in [0, 0.1) is 0 Å². The Kier molecular flexibility index (Phi) is 4.16. The van der Waals surface area contributed by atoms with E-state index < -0.39 is 6.10 Å². The van der Waals surface area contributed by atoms with E-state index in [1.165, 1.54) is 4.90 Å². The number of imide groups is 1. The van der Waals surface area contributed by atoms with Crippen LogP contribution in [-0.4, -0.2) is 53.1 Å². The summed E-state index contributed by atoms with van der Waals surface area (Å²) in [6.45, 7) is 0.180. The molecule has 5 heteroatoms. The van der Waals surface area contributed by atoms with Crippen molar-refractivity contribution in [3.8, 4) is 0 Å². The van der Waals surface area contributed by atoms with Gasteiger partial charge in [-0.1, -0.05) is 30.3 Å². The summed E-state index contributed by atoms with van der Waals surface area (Å²) in [5, 5.41) is 9.93. The first kappa shape index (κ1) is 13.5. The highest BCUT2D eigenvalue weighted by molar-refractivity contribution is 6.01. The highest BCUT2D eigenvalue weighted by Gasteiger charge is 2.34. The van der Waals surface area contributed by atoms with E-state index in [1.54, 1.807) is 7.05 Å². The maximum atomic E-state index is 11.6. The summed E-state index contributed by atoms with van der Waals surface area (Å²) < 4.78 is 0. The van der Waals surface area contributed by atoms with Crippen LogP contribution in [0.15, 0.2) is 30.3 Å². The van der Waals surface area contributed by atoms with Crippen LogP contribution in [0.5, 0.6) is 0 Å². The van der Waals surface area contributed by atoms with Crippen LogP contribution >= 0.6 is 0 Å². The molecule has 102 valence electrons. The lowest BCUT2D eigenvalue weighted by atomic mass is 10.1. The zero-order chi connectivity index (χ0) is 13.8. The third-order valence-corrected chi connectivity index (χ3v) is 3.23. The second-order valence-corrected chi connectivity index (χ2v) is 4.82. The minimum absolute atomic E-state index is 0.0782. The minimum Gasteiger partial charge on any atom is -0.391 e. The van der Waals surface area contributed by atoms with Gasteiger partial charge in [0.15, 0.2) is 0 Å². The van der Waals surface area contributed by atoms with Gasteiger partial charge in [-0.25, -0.2) is 4.79 Å². The second kappa shape index (κ2) is 5.84. The number of likely N-dealkylation sites (N-methyl/N-ethyl adjacent to an activating group) is 1. The Morgan fingerprint density at radius 1 is 1.26 bits per heavy atom. The minimum atomic E-state index is -0.681. The van der Waals surface area contributed by atoms with E-state index in [2.05, 4.69) is 0 Å². The van der Waals surface area contributed by atoms with Gasteiger partial charge in [-0.15, -0.1) is 0 Å². The Morgan fingerprint density at radius 3 is 2.53 bits per heavy atom. The van der Waals surface area contributed by atoms with E-state index in [4.69, 9.17) is 0 Å². The van der Waals surface area contributed by atoms with Crippen molar-refractivity contribution in [1.82, 2.24) is 9.80 Å². The number of amides is 3. The number of aliphatic hydroxyl groups is 1. The summed E-state index contributed by atoms with van der Waals surface area (Å²) in [4.78, 5) is 25.7. The molecule has 1 N–H and O–H groups in total. The van der Waals surface area contributed by atoms with Gasteiger partial charge in [-0.05, 0) is 18.4 Å². The topological polar surface area (TPSA) is 60.9 Å². The molecule has 0 bridgehead atoms. The van der Waals surface area contributed by atoms with Gasteiger partial charge in [0.2, 0.25) is 5.91 Å². The molecule has 0 aromatic heterocycles. The largest absolute Gasteiger partial charge is 0.391 e. The second-order valence-electron chi connectivity index (χ2n) is 4.82. The van der Waals surface area contributed by atoms with Crippen LogP contribution in [0.25, 0.3) is 0 Å². The molecule has 0 radical (unpaired) electrons. The Balaban J connectivity index is 1.83. The van der Waals surface area contributed by atoms with Crippen LogP contribution in [0.1, 0.15) is 12.0 Å². The van der Waals surface area contributed by atoms with Gasteiger partial charge in [-0.2, -0.15) is 0 Å². The van der Waals surface area contributed by atoms with E-state index in [0.29, 0.717) is 6.42 Å². The van der Waals surface area contributed by atoms with Crippen molar-refractivity contribution in [2.45, 2.75) is 18.9 Å². The Labute approximate surface area is 112 Å². The maximum Gasteiger partial charge on any atom is 0.327 e. The van der Waals surface area contributed by atoms with E-state index >= 15 is 0 Å². The Bertz CT molecular complexity index is 461. The summed E-state index contributed by atoms with van der Waals surface area (Å²) in [6.07, 6.45) is 0.582. The summed E-state index contributed by atoms with van der Waals surface area (Å²) in [6, 6.07) is 9.49. The third kappa shape index (κ3) is 3.32. The van der Waals surface area contributed by atoms with Crippen molar-refractivity contribution < 1.29 is 14.7 Å². The van der Waals surface area contributed by atoms with Gasteiger partial charge in [0, 0.05) is 7.05 Å². The quantitative estimate of drug-likeness (QED) is 0.801. The molecular weight excluding hydrogens is 244 g/mol. The molecule has 5 nitrogen and oxygen atoms in total. The fraction of sp³-hybridized carbons (Fsp3) is 0.429. The predicted molar refractivity (Wildman–Crippen MR) is 70.5 cm³/mol. The number of hydrogen-bond donors (Lipinski definition) is 1. The van der Waals surface area contributed by atoms with Crippen LogP contribution in [0.2, 0.25) is 0 Å². The highest BCUT2D eigenvalue weighted by atomic mass is 16.3. The number of carbonyl (C=O) groups is 2. The molecule has 1 heterocycles. The number of aliphatic hydroxyl groups excluding tert-OH is 1. The third-order valence-electron chi connectivity index (χ3n) is 3.23. The molecule has 1 aromatic carbocycles. The molecule has 0 unspecified atom stereocenters. The van der Waals surface area contributed by atoms with Crippen LogP contribution in [0.4, 0.5) is 4.79 Å². The fourth-order valence-electron chi connectivity index (χ4n) is 2.13. The summed E-state index contributed by atoms with van der Waals surface area (Å²) in [5.41, 5.74) is 1.14. The zero-order valence-corrected chi connectivity index (χ0v) is 11.0. The van der Waals surface area contributed by atoms with Crippen molar-refractivity contribution in [1.29, 1.82) is 0 Å².